The molecule has 138 valence electrons. The molecule has 3 aromatic rings. The average molecular weight is 391 g/mol. The summed E-state index contributed by atoms with van der Waals surface area (Å²) in [6, 6.07) is 11.1. The van der Waals surface area contributed by atoms with Gasteiger partial charge in [-0.25, -0.2) is 8.78 Å². The molecule has 27 heavy (non-hydrogen) atoms. The first-order valence-corrected chi connectivity index (χ1v) is 8.19. The first-order valence-electron chi connectivity index (χ1n) is 7.81. The van der Waals surface area contributed by atoms with Gasteiger partial charge in [-0.15, -0.1) is 0 Å². The molecular formula is C19H13ClF2N2O3. The lowest BCUT2D eigenvalue weighted by molar-refractivity contribution is 0.0949. The van der Waals surface area contributed by atoms with Gasteiger partial charge in [0.05, 0.1) is 34.6 Å². The van der Waals surface area contributed by atoms with E-state index in [4.69, 9.17) is 16.0 Å². The minimum atomic E-state index is -1.20. The van der Waals surface area contributed by atoms with Crippen molar-refractivity contribution in [2.24, 2.45) is 0 Å². The highest BCUT2D eigenvalue weighted by Gasteiger charge is 2.18. The van der Waals surface area contributed by atoms with Crippen LogP contribution in [0.2, 0.25) is 5.02 Å². The molecule has 1 aromatic heterocycles. The van der Waals surface area contributed by atoms with Crippen LogP contribution in [0.5, 0.6) is 0 Å². The molecule has 0 spiro atoms. The van der Waals surface area contributed by atoms with Crippen LogP contribution in [0.3, 0.4) is 0 Å². The fourth-order valence-electron chi connectivity index (χ4n) is 2.35. The number of amides is 2. The van der Waals surface area contributed by atoms with Gasteiger partial charge < -0.3 is 15.1 Å². The number of halogens is 3. The quantitative estimate of drug-likeness (QED) is 0.634. The number of carbonyl (C=O) groups is 2. The molecule has 3 rings (SSSR count). The molecule has 0 aliphatic carbocycles. The first-order chi connectivity index (χ1) is 13.0. The van der Waals surface area contributed by atoms with Gasteiger partial charge in [-0.2, -0.15) is 0 Å². The summed E-state index contributed by atoms with van der Waals surface area (Å²) in [5.74, 6) is -3.01. The highest BCUT2D eigenvalue weighted by molar-refractivity contribution is 6.34. The molecular weight excluding hydrogens is 378 g/mol. The van der Waals surface area contributed by atoms with Crippen LogP contribution in [0.1, 0.15) is 26.5 Å². The Morgan fingerprint density at radius 2 is 1.70 bits per heavy atom. The molecule has 1 heterocycles. The molecule has 0 saturated carbocycles. The van der Waals surface area contributed by atoms with E-state index in [-0.39, 0.29) is 28.4 Å². The van der Waals surface area contributed by atoms with Crippen molar-refractivity contribution in [3.8, 4) is 0 Å². The van der Waals surface area contributed by atoms with Gasteiger partial charge in [-0.1, -0.05) is 23.7 Å². The topological polar surface area (TPSA) is 71.3 Å². The van der Waals surface area contributed by atoms with Crippen LogP contribution in [-0.4, -0.2) is 11.8 Å². The third-order valence-electron chi connectivity index (χ3n) is 3.68. The molecule has 2 aromatic carbocycles. The van der Waals surface area contributed by atoms with Crippen LogP contribution in [0.4, 0.5) is 14.5 Å². The standard InChI is InChI=1S/C19H13ClF2N2O3/c20-14-9-16(22)15(21)8-13(14)19(26)24-17-6-2-1-5-12(17)18(25)23-10-11-4-3-7-27-11/h1-9H,10H2,(H,23,25)(H,24,26). The number of rotatable bonds is 5. The Balaban J connectivity index is 1.78. The summed E-state index contributed by atoms with van der Waals surface area (Å²) in [5, 5.41) is 4.91. The molecule has 5 nitrogen and oxygen atoms in total. The molecule has 0 radical (unpaired) electrons. The van der Waals surface area contributed by atoms with Crippen molar-refractivity contribution in [3.05, 3.63) is 88.3 Å². The van der Waals surface area contributed by atoms with Gasteiger partial charge in [0, 0.05) is 0 Å². The van der Waals surface area contributed by atoms with Crippen molar-refractivity contribution in [2.45, 2.75) is 6.54 Å². The molecule has 0 saturated heterocycles. The lowest BCUT2D eigenvalue weighted by atomic mass is 10.1. The van der Waals surface area contributed by atoms with E-state index in [0.717, 1.165) is 0 Å². The minimum absolute atomic E-state index is 0.170. The molecule has 0 aliphatic rings. The fourth-order valence-corrected chi connectivity index (χ4v) is 2.59. The van der Waals surface area contributed by atoms with Crippen molar-refractivity contribution in [1.29, 1.82) is 0 Å². The second kappa shape index (κ2) is 8.01. The summed E-state index contributed by atoms with van der Waals surface area (Å²) in [6.07, 6.45) is 1.49. The van der Waals surface area contributed by atoms with Crippen molar-refractivity contribution in [1.82, 2.24) is 5.32 Å². The lowest BCUT2D eigenvalue weighted by Gasteiger charge is -2.12. The van der Waals surface area contributed by atoms with Crippen LogP contribution in [0, 0.1) is 11.6 Å². The maximum atomic E-state index is 13.4. The highest BCUT2D eigenvalue weighted by Crippen LogP contribution is 2.22. The summed E-state index contributed by atoms with van der Waals surface area (Å²) in [7, 11) is 0. The SMILES string of the molecule is O=C(Nc1ccccc1C(=O)NCc1ccco1)c1cc(F)c(F)cc1Cl. The monoisotopic (exact) mass is 390 g/mol. The van der Waals surface area contributed by atoms with Gasteiger partial charge in [0.1, 0.15) is 5.76 Å². The van der Waals surface area contributed by atoms with Crippen LogP contribution < -0.4 is 10.6 Å². The molecule has 2 amide bonds. The zero-order valence-electron chi connectivity index (χ0n) is 13.8. The van der Waals surface area contributed by atoms with Gasteiger partial charge in [0.25, 0.3) is 11.8 Å². The number of hydrogen-bond acceptors (Lipinski definition) is 3. The Morgan fingerprint density at radius 3 is 2.44 bits per heavy atom. The zero-order chi connectivity index (χ0) is 19.4. The van der Waals surface area contributed by atoms with Crippen LogP contribution in [0.15, 0.2) is 59.2 Å². The van der Waals surface area contributed by atoms with Crippen molar-refractivity contribution in [2.75, 3.05) is 5.32 Å². The Labute approximate surface area is 157 Å². The first kappa shape index (κ1) is 18.6. The summed E-state index contributed by atoms with van der Waals surface area (Å²) < 4.78 is 31.7. The summed E-state index contributed by atoms with van der Waals surface area (Å²) in [6.45, 7) is 0.170. The Morgan fingerprint density at radius 1 is 0.963 bits per heavy atom. The normalized spacial score (nSPS) is 10.5. The second-order valence-electron chi connectivity index (χ2n) is 5.51. The Bertz CT molecular complexity index is 991. The Hall–Kier alpha value is -3.19. The number of furan rings is 1. The molecule has 0 atom stereocenters. The van der Waals surface area contributed by atoms with Gasteiger partial charge in [0.2, 0.25) is 0 Å². The average Bonchev–Trinajstić information content (AvgIpc) is 3.16. The third kappa shape index (κ3) is 4.32. The molecule has 0 aliphatic heterocycles. The van der Waals surface area contributed by atoms with Gasteiger partial charge >= 0.3 is 0 Å². The van der Waals surface area contributed by atoms with E-state index >= 15 is 0 Å². The molecule has 2 N–H and O–H groups in total. The smallest absolute Gasteiger partial charge is 0.257 e. The van der Waals surface area contributed by atoms with Crippen LogP contribution in [-0.2, 0) is 6.54 Å². The molecule has 0 bridgehead atoms. The van der Waals surface area contributed by atoms with Gasteiger partial charge in [0.15, 0.2) is 11.6 Å². The molecule has 0 fully saturated rings. The molecule has 0 unspecified atom stereocenters. The van der Waals surface area contributed by atoms with E-state index < -0.39 is 23.4 Å². The van der Waals surface area contributed by atoms with E-state index in [1.807, 2.05) is 0 Å². The predicted molar refractivity (Wildman–Crippen MR) is 95.6 cm³/mol. The number of anilines is 1. The lowest BCUT2D eigenvalue weighted by Crippen LogP contribution is -2.24. The van der Waals surface area contributed by atoms with Crippen LogP contribution >= 0.6 is 11.6 Å². The number of benzene rings is 2. The van der Waals surface area contributed by atoms with Gasteiger partial charge in [-0.3, -0.25) is 9.59 Å². The van der Waals surface area contributed by atoms with E-state index in [2.05, 4.69) is 10.6 Å². The Kier molecular flexibility index (Phi) is 5.52. The van der Waals surface area contributed by atoms with Crippen molar-refractivity contribution < 1.29 is 22.8 Å². The summed E-state index contributed by atoms with van der Waals surface area (Å²) in [5.41, 5.74) is 0.137. The molecule has 8 heteroatoms. The van der Waals surface area contributed by atoms with Crippen molar-refractivity contribution in [3.63, 3.8) is 0 Å². The van der Waals surface area contributed by atoms with Crippen LogP contribution in [0.25, 0.3) is 0 Å². The number of para-hydroxylation sites is 1. The van der Waals surface area contributed by atoms with E-state index in [1.54, 1.807) is 24.3 Å². The number of hydrogen-bond donors (Lipinski definition) is 2. The number of carbonyl (C=O) groups excluding carboxylic acids is 2. The van der Waals surface area contributed by atoms with E-state index in [9.17, 15) is 18.4 Å². The summed E-state index contributed by atoms with van der Waals surface area (Å²) >= 11 is 5.81. The maximum Gasteiger partial charge on any atom is 0.257 e. The highest BCUT2D eigenvalue weighted by atomic mass is 35.5. The minimum Gasteiger partial charge on any atom is -0.467 e. The predicted octanol–water partition coefficient (Wildman–Crippen LogP) is 4.39. The van der Waals surface area contributed by atoms with E-state index in [1.165, 1.54) is 18.4 Å². The second-order valence-corrected chi connectivity index (χ2v) is 5.92. The van der Waals surface area contributed by atoms with Gasteiger partial charge in [-0.05, 0) is 36.4 Å². The maximum absolute atomic E-state index is 13.4. The fraction of sp³-hybridized carbons (Fsp3) is 0.0526. The third-order valence-corrected chi connectivity index (χ3v) is 3.99. The number of nitrogens with one attached hydrogen (secondary N) is 2. The largest absolute Gasteiger partial charge is 0.467 e. The van der Waals surface area contributed by atoms with Crippen molar-refractivity contribution >= 4 is 29.1 Å². The zero-order valence-corrected chi connectivity index (χ0v) is 14.5. The van der Waals surface area contributed by atoms with E-state index in [0.29, 0.717) is 17.9 Å². The summed E-state index contributed by atoms with van der Waals surface area (Å²) in [4.78, 5) is 24.8.